The fourth-order valence-electron chi connectivity index (χ4n) is 3.60. The molecule has 1 aliphatic rings. The minimum atomic E-state index is -3.40. The maximum absolute atomic E-state index is 11.7. The van der Waals surface area contributed by atoms with E-state index in [4.69, 9.17) is 4.74 Å². The lowest BCUT2D eigenvalue weighted by atomic mass is 9.88. The lowest BCUT2D eigenvalue weighted by Crippen LogP contribution is -2.28. The van der Waals surface area contributed by atoms with Crippen molar-refractivity contribution in [3.63, 3.8) is 0 Å². The van der Waals surface area contributed by atoms with E-state index in [1.165, 1.54) is 0 Å². The van der Waals surface area contributed by atoms with Crippen LogP contribution in [0.4, 0.5) is 5.69 Å². The van der Waals surface area contributed by atoms with Gasteiger partial charge in [0.1, 0.15) is 5.75 Å². The number of aromatic nitrogens is 1. The third-order valence-corrected chi connectivity index (χ3v) is 6.08. The molecule has 30 heavy (non-hydrogen) atoms. The van der Waals surface area contributed by atoms with Crippen LogP contribution in [0.1, 0.15) is 17.4 Å². The quantitative estimate of drug-likeness (QED) is 0.562. The molecule has 0 radical (unpaired) electrons. The molecule has 156 valence electrons. The van der Waals surface area contributed by atoms with Gasteiger partial charge >= 0.3 is 0 Å². The number of benzene rings is 2. The average Bonchev–Trinajstić information content (AvgIpc) is 2.71. The van der Waals surface area contributed by atoms with E-state index in [9.17, 15) is 13.5 Å². The number of hydrogen-bond donors (Lipinski definition) is 2. The fraction of sp³-hybridized carbons (Fsp3) is 0.227. The number of nitrogens with zero attached hydrogens (tertiary/aromatic N) is 1. The molecule has 2 atom stereocenters. The molecule has 0 fully saturated rings. The number of halogens is 1. The van der Waals surface area contributed by atoms with Crippen LogP contribution >= 0.6 is 15.9 Å². The van der Waals surface area contributed by atoms with Gasteiger partial charge in [-0.2, -0.15) is 0 Å². The molecule has 6 nitrogen and oxygen atoms in total. The van der Waals surface area contributed by atoms with Gasteiger partial charge in [0.15, 0.2) is 0 Å². The Kier molecular flexibility index (Phi) is 5.81. The zero-order valence-electron chi connectivity index (χ0n) is 16.2. The summed E-state index contributed by atoms with van der Waals surface area (Å²) in [6.07, 6.45) is 2.80. The van der Waals surface area contributed by atoms with Gasteiger partial charge in [-0.1, -0.05) is 30.3 Å². The minimum Gasteiger partial charge on any atom is -0.493 e. The Balaban J connectivity index is 1.60. The summed E-state index contributed by atoms with van der Waals surface area (Å²) in [5.41, 5.74) is 3.66. The minimum absolute atomic E-state index is 0.101. The molecule has 1 aromatic heterocycles. The normalized spacial score (nSPS) is 18.4. The van der Waals surface area contributed by atoms with Crippen molar-refractivity contribution in [2.24, 2.45) is 5.92 Å². The van der Waals surface area contributed by atoms with Crippen LogP contribution in [-0.4, -0.2) is 31.4 Å². The molecule has 0 amide bonds. The molecule has 0 saturated carbocycles. The predicted molar refractivity (Wildman–Crippen MR) is 120 cm³/mol. The molecule has 0 unspecified atom stereocenters. The van der Waals surface area contributed by atoms with Gasteiger partial charge in [0.05, 0.1) is 24.7 Å². The highest BCUT2D eigenvalue weighted by atomic mass is 79.9. The Morgan fingerprint density at radius 2 is 2.00 bits per heavy atom. The lowest BCUT2D eigenvalue weighted by molar-refractivity contribution is 0.0503. The summed E-state index contributed by atoms with van der Waals surface area (Å²) in [4.78, 5) is 4.39. The first kappa shape index (κ1) is 20.8. The van der Waals surface area contributed by atoms with Crippen molar-refractivity contribution in [1.29, 1.82) is 0 Å². The maximum Gasteiger partial charge on any atom is 0.229 e. The molecule has 4 rings (SSSR count). The highest BCUT2D eigenvalue weighted by molar-refractivity contribution is 9.10. The Hall–Kier alpha value is -2.42. The molecule has 3 aromatic rings. The van der Waals surface area contributed by atoms with Crippen molar-refractivity contribution in [1.82, 2.24) is 4.98 Å². The molecule has 0 spiro atoms. The van der Waals surface area contributed by atoms with Crippen LogP contribution in [0, 0.1) is 5.92 Å². The van der Waals surface area contributed by atoms with Crippen LogP contribution in [0.2, 0.25) is 0 Å². The van der Waals surface area contributed by atoms with Crippen molar-refractivity contribution in [2.75, 3.05) is 17.6 Å². The van der Waals surface area contributed by atoms with Gasteiger partial charge in [0.25, 0.3) is 0 Å². The van der Waals surface area contributed by atoms with Crippen molar-refractivity contribution in [3.8, 4) is 16.9 Å². The largest absolute Gasteiger partial charge is 0.493 e. The SMILES string of the molecule is CS(=O)(=O)Nc1ccccc1-c1ccc2c(c1)OC[C@@H](Cc1ccc(Br)cn1)[C@@H]2O. The summed E-state index contributed by atoms with van der Waals surface area (Å²) < 4.78 is 32.8. The maximum atomic E-state index is 11.7. The highest BCUT2D eigenvalue weighted by Gasteiger charge is 2.30. The third-order valence-electron chi connectivity index (χ3n) is 5.03. The second-order valence-electron chi connectivity index (χ2n) is 7.36. The standard InChI is InChI=1S/C22H21BrN2O4S/c1-30(27,28)25-20-5-3-2-4-18(20)14-6-9-19-21(11-14)29-13-15(22(19)26)10-17-8-7-16(23)12-24-17/h2-9,11-12,15,22,25-26H,10,13H2,1H3/t15-,22+/m1/s1. The molecule has 0 saturated heterocycles. The topological polar surface area (TPSA) is 88.5 Å². The summed E-state index contributed by atoms with van der Waals surface area (Å²) >= 11 is 3.38. The van der Waals surface area contributed by atoms with Crippen LogP contribution in [0.3, 0.4) is 0 Å². The number of sulfonamides is 1. The summed E-state index contributed by atoms with van der Waals surface area (Å²) in [7, 11) is -3.40. The number of ether oxygens (including phenoxy) is 1. The van der Waals surface area contributed by atoms with Crippen LogP contribution < -0.4 is 9.46 Å². The van der Waals surface area contributed by atoms with Crippen molar-refractivity contribution in [2.45, 2.75) is 12.5 Å². The molecule has 0 bridgehead atoms. The first-order valence-corrected chi connectivity index (χ1v) is 12.1. The highest BCUT2D eigenvalue weighted by Crippen LogP contribution is 2.40. The number of hydrogen-bond acceptors (Lipinski definition) is 5. The number of fused-ring (bicyclic) bond motifs is 1. The number of aliphatic hydroxyl groups excluding tert-OH is 1. The monoisotopic (exact) mass is 488 g/mol. The fourth-order valence-corrected chi connectivity index (χ4v) is 4.42. The van der Waals surface area contributed by atoms with E-state index in [1.807, 2.05) is 42.5 Å². The molecular weight excluding hydrogens is 468 g/mol. The van der Waals surface area contributed by atoms with Gasteiger partial charge < -0.3 is 9.84 Å². The van der Waals surface area contributed by atoms with E-state index in [-0.39, 0.29) is 5.92 Å². The molecular formula is C22H21BrN2O4S. The van der Waals surface area contributed by atoms with Crippen LogP contribution in [0.15, 0.2) is 65.3 Å². The number of nitrogens with one attached hydrogen (secondary N) is 1. The summed E-state index contributed by atoms with van der Waals surface area (Å²) in [6, 6.07) is 16.6. The van der Waals surface area contributed by atoms with E-state index >= 15 is 0 Å². The molecule has 2 N–H and O–H groups in total. The van der Waals surface area contributed by atoms with E-state index in [1.54, 1.807) is 18.3 Å². The number of aliphatic hydroxyl groups is 1. The lowest BCUT2D eigenvalue weighted by Gasteiger charge is -2.30. The van der Waals surface area contributed by atoms with E-state index < -0.39 is 16.1 Å². The smallest absolute Gasteiger partial charge is 0.229 e. The Morgan fingerprint density at radius 3 is 2.73 bits per heavy atom. The number of pyridine rings is 1. The molecule has 0 aliphatic carbocycles. The van der Waals surface area contributed by atoms with Crippen molar-refractivity contribution < 1.29 is 18.3 Å². The summed E-state index contributed by atoms with van der Waals surface area (Å²) in [5, 5.41) is 10.9. The van der Waals surface area contributed by atoms with Gasteiger partial charge in [-0.05, 0) is 52.2 Å². The Morgan fingerprint density at radius 1 is 1.20 bits per heavy atom. The predicted octanol–water partition coefficient (Wildman–Crippen LogP) is 4.17. The number of anilines is 1. The Labute approximate surface area is 184 Å². The second-order valence-corrected chi connectivity index (χ2v) is 10.0. The van der Waals surface area contributed by atoms with Gasteiger partial charge in [-0.25, -0.2) is 8.42 Å². The number of rotatable bonds is 5. The molecule has 1 aliphatic heterocycles. The van der Waals surface area contributed by atoms with E-state index in [2.05, 4.69) is 25.6 Å². The van der Waals surface area contributed by atoms with Crippen molar-refractivity contribution >= 4 is 31.6 Å². The van der Waals surface area contributed by atoms with Gasteiger partial charge in [0.2, 0.25) is 10.0 Å². The summed E-state index contributed by atoms with van der Waals surface area (Å²) in [6.45, 7) is 0.374. The average molecular weight is 489 g/mol. The van der Waals surface area contributed by atoms with Crippen LogP contribution in [-0.2, 0) is 16.4 Å². The van der Waals surface area contributed by atoms with Crippen molar-refractivity contribution in [3.05, 3.63) is 76.5 Å². The molecule has 2 aromatic carbocycles. The van der Waals surface area contributed by atoms with Gasteiger partial charge in [-0.15, -0.1) is 0 Å². The molecule has 2 heterocycles. The van der Waals surface area contributed by atoms with Crippen LogP contribution in [0.5, 0.6) is 5.75 Å². The third kappa shape index (κ3) is 4.66. The number of para-hydroxylation sites is 1. The van der Waals surface area contributed by atoms with E-state index in [0.717, 1.165) is 33.1 Å². The van der Waals surface area contributed by atoms with E-state index in [0.29, 0.717) is 24.5 Å². The molecule has 8 heteroatoms. The van der Waals surface area contributed by atoms with Gasteiger partial charge in [-0.3, -0.25) is 9.71 Å². The van der Waals surface area contributed by atoms with Gasteiger partial charge in [0, 0.05) is 33.4 Å². The summed E-state index contributed by atoms with van der Waals surface area (Å²) in [5.74, 6) is 0.505. The zero-order valence-corrected chi connectivity index (χ0v) is 18.7. The first-order valence-electron chi connectivity index (χ1n) is 9.42. The Bertz CT molecular complexity index is 1170. The zero-order chi connectivity index (χ0) is 21.3. The second kappa shape index (κ2) is 8.37. The first-order chi connectivity index (χ1) is 14.3. The van der Waals surface area contributed by atoms with Crippen LogP contribution in [0.25, 0.3) is 11.1 Å².